The Balaban J connectivity index is 2.13. The zero-order valence-corrected chi connectivity index (χ0v) is 10.8. The van der Waals surface area contributed by atoms with Crippen LogP contribution < -0.4 is 10.6 Å². The average Bonchev–Trinajstić information content (AvgIpc) is 2.28. The smallest absolute Gasteiger partial charge is 0.130 e. The molecule has 1 aromatic carbocycles. The van der Waals surface area contributed by atoms with E-state index in [1.54, 1.807) is 0 Å². The zero-order valence-electron chi connectivity index (χ0n) is 10.8. The quantitative estimate of drug-likeness (QED) is 0.866. The molecule has 1 heterocycles. The highest BCUT2D eigenvalue weighted by atomic mass is 19.1. The van der Waals surface area contributed by atoms with Gasteiger partial charge in [-0.15, -0.1) is 0 Å². The van der Waals surface area contributed by atoms with E-state index in [0.717, 1.165) is 19.4 Å². The fourth-order valence-electron chi connectivity index (χ4n) is 2.60. The number of hydrogen-bond donors (Lipinski definition) is 2. The molecule has 2 rings (SSSR count). The highest BCUT2D eigenvalue weighted by molar-refractivity contribution is 5.24. The molecule has 0 aliphatic carbocycles. The lowest BCUT2D eigenvalue weighted by Gasteiger charge is -2.32. The van der Waals surface area contributed by atoms with Crippen molar-refractivity contribution in [3.05, 3.63) is 35.4 Å². The summed E-state index contributed by atoms with van der Waals surface area (Å²) in [6, 6.07) is 4.51. The largest absolute Gasteiger partial charge is 0.312 e. The average molecular weight is 254 g/mol. The lowest BCUT2D eigenvalue weighted by Crippen LogP contribution is -2.44. The summed E-state index contributed by atoms with van der Waals surface area (Å²) < 4.78 is 27.4. The fourth-order valence-corrected chi connectivity index (χ4v) is 2.60. The summed E-state index contributed by atoms with van der Waals surface area (Å²) in [5.74, 6) is -0.921. The van der Waals surface area contributed by atoms with Gasteiger partial charge in [0.15, 0.2) is 0 Å². The first-order valence-electron chi connectivity index (χ1n) is 6.51. The van der Waals surface area contributed by atoms with Gasteiger partial charge in [0.25, 0.3) is 0 Å². The van der Waals surface area contributed by atoms with Crippen molar-refractivity contribution in [3.8, 4) is 0 Å². The highest BCUT2D eigenvalue weighted by Gasteiger charge is 2.27. The topological polar surface area (TPSA) is 24.1 Å². The minimum Gasteiger partial charge on any atom is -0.312 e. The van der Waals surface area contributed by atoms with Crippen molar-refractivity contribution in [1.29, 1.82) is 0 Å². The van der Waals surface area contributed by atoms with Gasteiger partial charge in [-0.3, -0.25) is 0 Å². The summed E-state index contributed by atoms with van der Waals surface area (Å²) in [5, 5.41) is 6.64. The number of hydrogen-bond acceptors (Lipinski definition) is 2. The van der Waals surface area contributed by atoms with Crippen LogP contribution in [0.1, 0.15) is 38.3 Å². The maximum Gasteiger partial charge on any atom is 0.130 e. The second kappa shape index (κ2) is 5.76. The molecule has 0 unspecified atom stereocenters. The summed E-state index contributed by atoms with van der Waals surface area (Å²) >= 11 is 0. The van der Waals surface area contributed by atoms with E-state index < -0.39 is 11.6 Å². The Kier molecular flexibility index (Phi) is 4.30. The Hall–Kier alpha value is -1.00. The van der Waals surface area contributed by atoms with Crippen molar-refractivity contribution in [2.24, 2.45) is 0 Å². The number of halogens is 2. The predicted octanol–water partition coefficient (Wildman–Crippen LogP) is 2.76. The van der Waals surface area contributed by atoms with E-state index in [-0.39, 0.29) is 11.6 Å². The van der Waals surface area contributed by atoms with Gasteiger partial charge in [-0.25, -0.2) is 8.78 Å². The first-order chi connectivity index (χ1) is 8.58. The van der Waals surface area contributed by atoms with Crippen molar-refractivity contribution >= 4 is 0 Å². The van der Waals surface area contributed by atoms with E-state index >= 15 is 0 Å². The van der Waals surface area contributed by atoms with Gasteiger partial charge in [0, 0.05) is 23.7 Å². The minimum atomic E-state index is -0.460. The van der Waals surface area contributed by atoms with Crippen LogP contribution in [0.2, 0.25) is 0 Å². The maximum atomic E-state index is 13.7. The van der Waals surface area contributed by atoms with Gasteiger partial charge in [0.05, 0.1) is 0 Å². The van der Waals surface area contributed by atoms with E-state index in [1.165, 1.54) is 18.2 Å². The normalized spacial score (nSPS) is 24.5. The lowest BCUT2D eigenvalue weighted by molar-refractivity contribution is 0.299. The summed E-state index contributed by atoms with van der Waals surface area (Å²) in [4.78, 5) is 0. The van der Waals surface area contributed by atoms with Gasteiger partial charge < -0.3 is 10.6 Å². The molecular formula is C14H20F2N2. The third-order valence-electron chi connectivity index (χ3n) is 3.32. The molecule has 2 nitrogen and oxygen atoms in total. The third-order valence-corrected chi connectivity index (χ3v) is 3.32. The van der Waals surface area contributed by atoms with Crippen LogP contribution >= 0.6 is 0 Å². The molecule has 18 heavy (non-hydrogen) atoms. The van der Waals surface area contributed by atoms with Crippen molar-refractivity contribution < 1.29 is 8.78 Å². The molecule has 2 atom stereocenters. The molecule has 1 fully saturated rings. The molecule has 1 aliphatic heterocycles. The van der Waals surface area contributed by atoms with Crippen LogP contribution in [0.5, 0.6) is 0 Å². The predicted molar refractivity (Wildman–Crippen MR) is 68.4 cm³/mol. The molecular weight excluding hydrogens is 234 g/mol. The van der Waals surface area contributed by atoms with Gasteiger partial charge in [-0.1, -0.05) is 19.9 Å². The van der Waals surface area contributed by atoms with E-state index in [2.05, 4.69) is 24.5 Å². The Morgan fingerprint density at radius 2 is 1.94 bits per heavy atom. The number of benzene rings is 1. The Morgan fingerprint density at radius 3 is 2.56 bits per heavy atom. The monoisotopic (exact) mass is 254 g/mol. The molecule has 4 heteroatoms. The van der Waals surface area contributed by atoms with Crippen LogP contribution in [0.15, 0.2) is 18.2 Å². The highest BCUT2D eigenvalue weighted by Crippen LogP contribution is 2.27. The van der Waals surface area contributed by atoms with E-state index in [9.17, 15) is 8.78 Å². The van der Waals surface area contributed by atoms with Crippen LogP contribution in [0.4, 0.5) is 8.78 Å². The molecule has 0 saturated carbocycles. The second-order valence-corrected chi connectivity index (χ2v) is 5.18. The van der Waals surface area contributed by atoms with Gasteiger partial charge >= 0.3 is 0 Å². The minimum absolute atomic E-state index is 0.174. The molecule has 0 bridgehead atoms. The van der Waals surface area contributed by atoms with Crippen LogP contribution in [0.3, 0.4) is 0 Å². The first-order valence-corrected chi connectivity index (χ1v) is 6.51. The summed E-state index contributed by atoms with van der Waals surface area (Å²) in [6.07, 6.45) is 1.71. The first kappa shape index (κ1) is 13.4. The van der Waals surface area contributed by atoms with Crippen molar-refractivity contribution in [1.82, 2.24) is 10.6 Å². The number of piperidine rings is 1. The molecule has 0 spiro atoms. The van der Waals surface area contributed by atoms with Crippen LogP contribution in [-0.4, -0.2) is 18.6 Å². The molecule has 1 aliphatic rings. The Morgan fingerprint density at radius 1 is 1.28 bits per heavy atom. The van der Waals surface area contributed by atoms with Crippen molar-refractivity contribution in [2.45, 2.75) is 44.8 Å². The van der Waals surface area contributed by atoms with Crippen LogP contribution in [0.25, 0.3) is 0 Å². The summed E-state index contributed by atoms with van der Waals surface area (Å²) in [5.41, 5.74) is 0.174. The lowest BCUT2D eigenvalue weighted by atomic mass is 9.92. The molecule has 0 radical (unpaired) electrons. The number of rotatable bonds is 3. The third kappa shape index (κ3) is 3.06. The van der Waals surface area contributed by atoms with E-state index in [4.69, 9.17) is 0 Å². The van der Waals surface area contributed by atoms with Gasteiger partial charge in [-0.05, 0) is 31.5 Å². The standard InChI is InChI=1S/C14H20F2N2/c1-9(2)18-10-6-7-17-13(8-10)14-11(15)4-3-5-12(14)16/h3-5,9-10,13,17-18H,6-8H2,1-2H3/t10-,13+/m1/s1. The molecule has 0 amide bonds. The number of nitrogens with one attached hydrogen (secondary N) is 2. The van der Waals surface area contributed by atoms with Crippen molar-refractivity contribution in [2.75, 3.05) is 6.54 Å². The maximum absolute atomic E-state index is 13.7. The molecule has 2 N–H and O–H groups in total. The zero-order chi connectivity index (χ0) is 13.1. The van der Waals surface area contributed by atoms with Gasteiger partial charge in [0.1, 0.15) is 11.6 Å². The molecule has 1 saturated heterocycles. The SMILES string of the molecule is CC(C)N[C@@H]1CCN[C@H](c2c(F)cccc2F)C1. The van der Waals surface area contributed by atoms with Crippen molar-refractivity contribution in [3.63, 3.8) is 0 Å². The summed E-state index contributed by atoms with van der Waals surface area (Å²) in [6.45, 7) is 4.95. The fraction of sp³-hybridized carbons (Fsp3) is 0.571. The molecule has 1 aromatic rings. The molecule has 100 valence electrons. The van der Waals surface area contributed by atoms with E-state index in [0.29, 0.717) is 12.1 Å². The Labute approximate surface area is 107 Å². The van der Waals surface area contributed by atoms with Crippen LogP contribution in [0, 0.1) is 11.6 Å². The second-order valence-electron chi connectivity index (χ2n) is 5.18. The van der Waals surface area contributed by atoms with Gasteiger partial charge in [-0.2, -0.15) is 0 Å². The molecule has 0 aromatic heterocycles. The van der Waals surface area contributed by atoms with E-state index in [1.807, 2.05) is 0 Å². The summed E-state index contributed by atoms with van der Waals surface area (Å²) in [7, 11) is 0. The van der Waals surface area contributed by atoms with Crippen LogP contribution in [-0.2, 0) is 0 Å². The van der Waals surface area contributed by atoms with Gasteiger partial charge in [0.2, 0.25) is 0 Å². The Bertz CT molecular complexity index is 387.